The van der Waals surface area contributed by atoms with E-state index in [2.05, 4.69) is 5.32 Å². The zero-order valence-electron chi connectivity index (χ0n) is 10.5. The van der Waals surface area contributed by atoms with Crippen LogP contribution in [0.15, 0.2) is 0 Å². The molecule has 0 spiro atoms. The van der Waals surface area contributed by atoms with E-state index in [0.29, 0.717) is 12.5 Å². The van der Waals surface area contributed by atoms with Crippen LogP contribution in [0.5, 0.6) is 0 Å². The highest BCUT2D eigenvalue weighted by Gasteiger charge is 2.37. The third-order valence-corrected chi connectivity index (χ3v) is 4.03. The molecule has 0 aromatic heterocycles. The van der Waals surface area contributed by atoms with Crippen molar-refractivity contribution in [1.82, 2.24) is 10.2 Å². The van der Waals surface area contributed by atoms with Gasteiger partial charge in [-0.05, 0) is 31.6 Å². The predicted molar refractivity (Wildman–Crippen MR) is 65.3 cm³/mol. The number of nitrogens with one attached hydrogen (secondary N) is 1. The van der Waals surface area contributed by atoms with Crippen LogP contribution >= 0.6 is 0 Å². The van der Waals surface area contributed by atoms with Crippen molar-refractivity contribution in [3.05, 3.63) is 0 Å². The van der Waals surface area contributed by atoms with Crippen LogP contribution < -0.4 is 5.32 Å². The Labute approximate surface area is 107 Å². The minimum Gasteiger partial charge on any atom is -0.335 e. The second-order valence-corrected chi connectivity index (χ2v) is 5.09. The van der Waals surface area contributed by atoms with Crippen molar-refractivity contribution in [2.45, 2.75) is 44.6 Å². The molecule has 2 rings (SSSR count). The Morgan fingerprint density at radius 2 is 1.94 bits per heavy atom. The zero-order valence-corrected chi connectivity index (χ0v) is 10.5. The van der Waals surface area contributed by atoms with Crippen LogP contribution in [0.2, 0.25) is 0 Å². The first-order chi connectivity index (χ1) is 8.74. The molecule has 5 nitrogen and oxygen atoms in total. The Kier molecular flexibility index (Phi) is 4.19. The lowest BCUT2D eigenvalue weighted by Gasteiger charge is -2.28. The summed E-state index contributed by atoms with van der Waals surface area (Å²) in [4.78, 5) is 25.3. The lowest BCUT2D eigenvalue weighted by Crippen LogP contribution is -2.47. The summed E-state index contributed by atoms with van der Waals surface area (Å²) in [5, 5.41) is 10.7. The lowest BCUT2D eigenvalue weighted by atomic mass is 9.96. The SMILES string of the molecule is N#CCNC(=O)C(=O)N1CCCC1C1CCCC1. The summed E-state index contributed by atoms with van der Waals surface area (Å²) in [6.07, 6.45) is 6.83. The van der Waals surface area contributed by atoms with Crippen LogP contribution in [-0.4, -0.2) is 35.8 Å². The first-order valence-electron chi connectivity index (χ1n) is 6.70. The molecule has 1 saturated carbocycles. The van der Waals surface area contributed by atoms with E-state index >= 15 is 0 Å². The molecule has 18 heavy (non-hydrogen) atoms. The highest BCUT2D eigenvalue weighted by atomic mass is 16.2. The Morgan fingerprint density at radius 1 is 1.22 bits per heavy atom. The molecule has 2 fully saturated rings. The minimum absolute atomic E-state index is 0.105. The van der Waals surface area contributed by atoms with Crippen LogP contribution in [0.4, 0.5) is 0 Å². The van der Waals surface area contributed by atoms with E-state index in [1.54, 1.807) is 4.90 Å². The number of hydrogen-bond donors (Lipinski definition) is 1. The van der Waals surface area contributed by atoms with Crippen LogP contribution in [0.1, 0.15) is 38.5 Å². The molecule has 1 aliphatic carbocycles. The second-order valence-electron chi connectivity index (χ2n) is 5.09. The Hall–Kier alpha value is -1.57. The lowest BCUT2D eigenvalue weighted by molar-refractivity contribution is -0.146. The van der Waals surface area contributed by atoms with E-state index in [1.165, 1.54) is 25.7 Å². The fraction of sp³-hybridized carbons (Fsp3) is 0.769. The van der Waals surface area contributed by atoms with Crippen molar-refractivity contribution in [3.63, 3.8) is 0 Å². The molecule has 2 amide bonds. The average Bonchev–Trinajstić information content (AvgIpc) is 3.03. The van der Waals surface area contributed by atoms with Gasteiger partial charge in [0.25, 0.3) is 0 Å². The normalized spacial score (nSPS) is 23.9. The van der Waals surface area contributed by atoms with Crippen molar-refractivity contribution in [3.8, 4) is 6.07 Å². The van der Waals surface area contributed by atoms with Gasteiger partial charge < -0.3 is 10.2 Å². The summed E-state index contributed by atoms with van der Waals surface area (Å²) in [5.74, 6) is -0.527. The summed E-state index contributed by atoms with van der Waals surface area (Å²) in [5.41, 5.74) is 0. The molecule has 0 aromatic rings. The molecular weight excluding hydrogens is 230 g/mol. The molecule has 1 atom stereocenters. The van der Waals surface area contributed by atoms with E-state index in [1.807, 2.05) is 6.07 Å². The standard InChI is InChI=1S/C13H19N3O2/c14-7-8-15-12(17)13(18)16-9-3-6-11(16)10-4-1-2-5-10/h10-11H,1-6,8-9H2,(H,15,17). The smallest absolute Gasteiger partial charge is 0.312 e. The van der Waals surface area contributed by atoms with Gasteiger partial charge >= 0.3 is 11.8 Å². The van der Waals surface area contributed by atoms with Crippen LogP contribution in [0.3, 0.4) is 0 Å². The van der Waals surface area contributed by atoms with Crippen molar-refractivity contribution in [1.29, 1.82) is 5.26 Å². The number of likely N-dealkylation sites (tertiary alicyclic amines) is 1. The Bertz CT molecular complexity index is 369. The second kappa shape index (κ2) is 5.85. The summed E-state index contributed by atoms with van der Waals surface area (Å²) >= 11 is 0. The van der Waals surface area contributed by atoms with E-state index in [4.69, 9.17) is 5.26 Å². The van der Waals surface area contributed by atoms with Gasteiger partial charge in [0, 0.05) is 12.6 Å². The first-order valence-corrected chi connectivity index (χ1v) is 6.70. The average molecular weight is 249 g/mol. The molecular formula is C13H19N3O2. The molecule has 1 unspecified atom stereocenters. The minimum atomic E-state index is -0.638. The van der Waals surface area contributed by atoms with E-state index in [0.717, 1.165) is 12.8 Å². The number of hydrogen-bond acceptors (Lipinski definition) is 3. The first kappa shape index (κ1) is 12.9. The summed E-state index contributed by atoms with van der Waals surface area (Å²) in [6, 6.07) is 2.05. The van der Waals surface area contributed by atoms with E-state index < -0.39 is 11.8 Å². The maximum Gasteiger partial charge on any atom is 0.312 e. The molecule has 2 aliphatic rings. The van der Waals surface area contributed by atoms with Gasteiger partial charge in [0.15, 0.2) is 0 Å². The summed E-state index contributed by atoms with van der Waals surface area (Å²) in [6.45, 7) is 0.576. The maximum atomic E-state index is 12.0. The molecule has 5 heteroatoms. The van der Waals surface area contributed by atoms with Crippen LogP contribution in [0.25, 0.3) is 0 Å². The molecule has 98 valence electrons. The highest BCUT2D eigenvalue weighted by Crippen LogP contribution is 2.35. The molecule has 1 heterocycles. The third-order valence-electron chi connectivity index (χ3n) is 4.03. The third kappa shape index (κ3) is 2.63. The van der Waals surface area contributed by atoms with Gasteiger partial charge in [-0.2, -0.15) is 5.26 Å². The predicted octanol–water partition coefficient (Wildman–Crippen LogP) is 0.807. The Balaban J connectivity index is 1.95. The van der Waals surface area contributed by atoms with Crippen LogP contribution in [-0.2, 0) is 9.59 Å². The summed E-state index contributed by atoms with van der Waals surface area (Å²) in [7, 11) is 0. The number of amides is 2. The van der Waals surface area contributed by atoms with Crippen molar-refractivity contribution < 1.29 is 9.59 Å². The molecule has 1 N–H and O–H groups in total. The number of nitrogens with zero attached hydrogens (tertiary/aromatic N) is 2. The van der Waals surface area contributed by atoms with Gasteiger partial charge in [-0.1, -0.05) is 12.8 Å². The topological polar surface area (TPSA) is 73.2 Å². The highest BCUT2D eigenvalue weighted by molar-refractivity contribution is 6.35. The molecule has 1 saturated heterocycles. The van der Waals surface area contributed by atoms with E-state index in [-0.39, 0.29) is 12.6 Å². The van der Waals surface area contributed by atoms with Crippen molar-refractivity contribution >= 4 is 11.8 Å². The largest absolute Gasteiger partial charge is 0.335 e. The molecule has 1 aliphatic heterocycles. The number of nitriles is 1. The van der Waals surface area contributed by atoms with Gasteiger partial charge in [-0.25, -0.2) is 0 Å². The van der Waals surface area contributed by atoms with Gasteiger partial charge in [-0.3, -0.25) is 9.59 Å². The van der Waals surface area contributed by atoms with Gasteiger partial charge in [0.1, 0.15) is 6.54 Å². The van der Waals surface area contributed by atoms with Crippen LogP contribution in [0, 0.1) is 17.2 Å². The number of rotatable bonds is 2. The fourth-order valence-corrected chi connectivity index (χ4v) is 3.20. The van der Waals surface area contributed by atoms with E-state index in [9.17, 15) is 9.59 Å². The molecule has 0 aromatic carbocycles. The maximum absolute atomic E-state index is 12.0. The number of carbonyl (C=O) groups excluding carboxylic acids is 2. The quantitative estimate of drug-likeness (QED) is 0.581. The van der Waals surface area contributed by atoms with Crippen molar-refractivity contribution in [2.24, 2.45) is 5.92 Å². The zero-order chi connectivity index (χ0) is 13.0. The van der Waals surface area contributed by atoms with Gasteiger partial charge in [-0.15, -0.1) is 0 Å². The van der Waals surface area contributed by atoms with Gasteiger partial charge in [0.2, 0.25) is 0 Å². The van der Waals surface area contributed by atoms with Crippen molar-refractivity contribution in [2.75, 3.05) is 13.1 Å². The van der Waals surface area contributed by atoms with Gasteiger partial charge in [0.05, 0.1) is 6.07 Å². The molecule has 0 radical (unpaired) electrons. The number of carbonyl (C=O) groups is 2. The molecule has 0 bridgehead atoms. The Morgan fingerprint density at radius 3 is 2.61 bits per heavy atom. The monoisotopic (exact) mass is 249 g/mol. The summed E-state index contributed by atoms with van der Waals surface area (Å²) < 4.78 is 0. The fourth-order valence-electron chi connectivity index (χ4n) is 3.20.